The van der Waals surface area contributed by atoms with Gasteiger partial charge in [-0.3, -0.25) is 19.7 Å². The van der Waals surface area contributed by atoms with E-state index in [1.807, 2.05) is 0 Å². The first kappa shape index (κ1) is 22.7. The molecule has 0 aliphatic carbocycles. The van der Waals surface area contributed by atoms with Crippen molar-refractivity contribution in [3.05, 3.63) is 69.1 Å². The molecule has 12 heteroatoms. The van der Waals surface area contributed by atoms with Gasteiger partial charge >= 0.3 is 11.8 Å². The number of nitro benzene ring substituents is 1. The fraction of sp³-hybridized carbons (Fsp3) is 0.200. The first-order chi connectivity index (χ1) is 15.4. The molecule has 3 rings (SSSR count). The molecule has 11 nitrogen and oxygen atoms in total. The van der Waals surface area contributed by atoms with Crippen LogP contribution >= 0.6 is 11.6 Å². The van der Waals surface area contributed by atoms with E-state index in [1.54, 1.807) is 37.3 Å². The lowest BCUT2D eigenvalue weighted by molar-refractivity contribution is -0.385. The normalized spacial score (nSPS) is 10.4. The minimum absolute atomic E-state index is 0.0568. The van der Waals surface area contributed by atoms with Gasteiger partial charge in [0.05, 0.1) is 9.95 Å². The summed E-state index contributed by atoms with van der Waals surface area (Å²) in [5, 5.41) is 20.3. The molecule has 0 radical (unpaired) electrons. The van der Waals surface area contributed by atoms with Crippen LogP contribution in [0.4, 0.5) is 5.69 Å². The van der Waals surface area contributed by atoms with Crippen LogP contribution in [0.25, 0.3) is 11.4 Å². The SMILES string of the molecule is Cc1c(-c2noc(C(=O)NCCNC(=O)COc3ccccc3Cl)n2)cccc1[N+](=O)[O-]. The zero-order valence-corrected chi connectivity index (χ0v) is 17.6. The Morgan fingerprint density at radius 1 is 1.16 bits per heavy atom. The molecule has 0 aliphatic heterocycles. The number of para-hydroxylation sites is 1. The molecule has 166 valence electrons. The topological polar surface area (TPSA) is 149 Å². The third-order valence-corrected chi connectivity index (χ3v) is 4.60. The average molecular weight is 460 g/mol. The summed E-state index contributed by atoms with van der Waals surface area (Å²) in [6.07, 6.45) is 0. The van der Waals surface area contributed by atoms with Crippen molar-refractivity contribution in [1.82, 2.24) is 20.8 Å². The van der Waals surface area contributed by atoms with Gasteiger partial charge in [-0.2, -0.15) is 4.98 Å². The number of ether oxygens (including phenoxy) is 1. The molecule has 0 bridgehead atoms. The number of nitrogens with zero attached hydrogens (tertiary/aromatic N) is 3. The number of carbonyl (C=O) groups excluding carboxylic acids is 2. The molecule has 0 saturated heterocycles. The van der Waals surface area contributed by atoms with Crippen LogP contribution in [-0.2, 0) is 4.79 Å². The van der Waals surface area contributed by atoms with Gasteiger partial charge in [-0.05, 0) is 19.1 Å². The first-order valence-corrected chi connectivity index (χ1v) is 9.75. The van der Waals surface area contributed by atoms with Gasteiger partial charge in [-0.15, -0.1) is 0 Å². The summed E-state index contributed by atoms with van der Waals surface area (Å²) in [7, 11) is 0. The van der Waals surface area contributed by atoms with E-state index in [0.29, 0.717) is 21.9 Å². The molecule has 0 unspecified atom stereocenters. The summed E-state index contributed by atoms with van der Waals surface area (Å²) < 4.78 is 10.3. The van der Waals surface area contributed by atoms with E-state index in [2.05, 4.69) is 20.8 Å². The summed E-state index contributed by atoms with van der Waals surface area (Å²) in [5.74, 6) is -0.891. The highest BCUT2D eigenvalue weighted by Crippen LogP contribution is 2.27. The van der Waals surface area contributed by atoms with Crippen LogP contribution in [-0.4, -0.2) is 46.6 Å². The fourth-order valence-corrected chi connectivity index (χ4v) is 2.89. The minimum Gasteiger partial charge on any atom is -0.482 e. The standard InChI is InChI=1S/C20H18ClN5O6/c1-12-13(5-4-7-15(12)26(29)30)18-24-20(32-25-18)19(28)23-10-9-22-17(27)11-31-16-8-3-2-6-14(16)21/h2-8H,9-11H2,1H3,(H,22,27)(H,23,28). The number of nitrogens with one attached hydrogen (secondary N) is 2. The van der Waals surface area contributed by atoms with Gasteiger partial charge in [0.1, 0.15) is 5.75 Å². The van der Waals surface area contributed by atoms with Crippen LogP contribution in [0.5, 0.6) is 5.75 Å². The fourth-order valence-electron chi connectivity index (χ4n) is 2.70. The lowest BCUT2D eigenvalue weighted by Crippen LogP contribution is -2.36. The lowest BCUT2D eigenvalue weighted by Gasteiger charge is -2.08. The van der Waals surface area contributed by atoms with Gasteiger partial charge in [-0.25, -0.2) is 0 Å². The Balaban J connectivity index is 1.47. The van der Waals surface area contributed by atoms with Crippen molar-refractivity contribution in [2.24, 2.45) is 0 Å². The van der Waals surface area contributed by atoms with Gasteiger partial charge in [0, 0.05) is 30.3 Å². The summed E-state index contributed by atoms with van der Waals surface area (Å²) in [6, 6.07) is 11.2. The quantitative estimate of drug-likeness (QED) is 0.281. The van der Waals surface area contributed by atoms with Crippen molar-refractivity contribution in [2.45, 2.75) is 6.92 Å². The highest BCUT2D eigenvalue weighted by molar-refractivity contribution is 6.32. The maximum atomic E-state index is 12.2. The largest absolute Gasteiger partial charge is 0.482 e. The second-order valence-electron chi connectivity index (χ2n) is 6.45. The Morgan fingerprint density at radius 3 is 2.66 bits per heavy atom. The molecular formula is C20H18ClN5O6. The Morgan fingerprint density at radius 2 is 1.91 bits per heavy atom. The molecule has 1 heterocycles. The summed E-state index contributed by atoms with van der Waals surface area (Å²) in [6.45, 7) is 1.57. The van der Waals surface area contributed by atoms with E-state index in [4.69, 9.17) is 20.9 Å². The second-order valence-corrected chi connectivity index (χ2v) is 6.86. The highest BCUT2D eigenvalue weighted by atomic mass is 35.5. The van der Waals surface area contributed by atoms with Gasteiger partial charge in [0.15, 0.2) is 6.61 Å². The summed E-state index contributed by atoms with van der Waals surface area (Å²) in [5.41, 5.74) is 0.646. The maximum absolute atomic E-state index is 12.2. The Labute approximate surface area is 186 Å². The van der Waals surface area contributed by atoms with Gasteiger partial charge in [0.2, 0.25) is 5.82 Å². The zero-order valence-electron chi connectivity index (χ0n) is 16.8. The molecular weight excluding hydrogens is 442 g/mol. The monoisotopic (exact) mass is 459 g/mol. The number of benzene rings is 2. The van der Waals surface area contributed by atoms with Gasteiger partial charge in [-0.1, -0.05) is 41.0 Å². The van der Waals surface area contributed by atoms with Gasteiger partial charge in [0.25, 0.3) is 11.6 Å². The molecule has 2 amide bonds. The number of amides is 2. The van der Waals surface area contributed by atoms with Crippen molar-refractivity contribution in [1.29, 1.82) is 0 Å². The van der Waals surface area contributed by atoms with E-state index in [0.717, 1.165) is 0 Å². The molecule has 0 spiro atoms. The van der Waals surface area contributed by atoms with E-state index in [9.17, 15) is 19.7 Å². The van der Waals surface area contributed by atoms with Crippen molar-refractivity contribution in [2.75, 3.05) is 19.7 Å². The lowest BCUT2D eigenvalue weighted by atomic mass is 10.1. The van der Waals surface area contributed by atoms with Crippen LogP contribution in [0.15, 0.2) is 47.0 Å². The smallest absolute Gasteiger partial charge is 0.316 e. The number of nitro groups is 1. The van der Waals surface area contributed by atoms with E-state index in [-0.39, 0.29) is 43.0 Å². The average Bonchev–Trinajstić information content (AvgIpc) is 3.26. The van der Waals surface area contributed by atoms with Crippen molar-refractivity contribution in [3.63, 3.8) is 0 Å². The Bertz CT molecular complexity index is 1150. The minimum atomic E-state index is -0.645. The van der Waals surface area contributed by atoms with Crippen molar-refractivity contribution in [3.8, 4) is 17.1 Å². The number of aromatic nitrogens is 2. The number of hydrogen-bond donors (Lipinski definition) is 2. The maximum Gasteiger partial charge on any atom is 0.316 e. The molecule has 0 atom stereocenters. The number of carbonyl (C=O) groups is 2. The molecule has 32 heavy (non-hydrogen) atoms. The third kappa shape index (κ3) is 5.58. The molecule has 2 N–H and O–H groups in total. The van der Waals surface area contributed by atoms with Crippen LogP contribution in [0, 0.1) is 17.0 Å². The molecule has 1 aromatic heterocycles. The molecule has 2 aromatic carbocycles. The number of halogens is 1. The Hall–Kier alpha value is -3.99. The summed E-state index contributed by atoms with van der Waals surface area (Å²) >= 11 is 5.94. The predicted octanol–water partition coefficient (Wildman–Crippen LogP) is 2.53. The van der Waals surface area contributed by atoms with Crippen molar-refractivity contribution < 1.29 is 23.8 Å². The third-order valence-electron chi connectivity index (χ3n) is 4.29. The predicted molar refractivity (Wildman–Crippen MR) is 113 cm³/mol. The van der Waals surface area contributed by atoms with Crippen LogP contribution < -0.4 is 15.4 Å². The van der Waals surface area contributed by atoms with E-state index in [1.165, 1.54) is 12.1 Å². The molecule has 0 aliphatic rings. The number of rotatable bonds is 9. The van der Waals surface area contributed by atoms with Crippen LogP contribution in [0.2, 0.25) is 5.02 Å². The summed E-state index contributed by atoms with van der Waals surface area (Å²) in [4.78, 5) is 38.6. The molecule has 0 fully saturated rings. The number of hydrogen-bond acceptors (Lipinski definition) is 8. The van der Waals surface area contributed by atoms with Crippen LogP contribution in [0.1, 0.15) is 16.2 Å². The Kier molecular flexibility index (Phi) is 7.34. The molecule has 0 saturated carbocycles. The van der Waals surface area contributed by atoms with E-state index >= 15 is 0 Å². The zero-order chi connectivity index (χ0) is 23.1. The second kappa shape index (κ2) is 10.4. The first-order valence-electron chi connectivity index (χ1n) is 9.37. The molecule has 3 aromatic rings. The highest BCUT2D eigenvalue weighted by Gasteiger charge is 2.20. The van der Waals surface area contributed by atoms with Crippen molar-refractivity contribution >= 4 is 29.1 Å². The van der Waals surface area contributed by atoms with Gasteiger partial charge < -0.3 is 19.9 Å². The van der Waals surface area contributed by atoms with Crippen LogP contribution in [0.3, 0.4) is 0 Å². The van der Waals surface area contributed by atoms with E-state index < -0.39 is 10.8 Å².